The molecule has 0 aliphatic heterocycles. The second-order valence-electron chi connectivity index (χ2n) is 6.58. The molecule has 0 aliphatic carbocycles. The Morgan fingerprint density at radius 1 is 1.14 bits per heavy atom. The number of aryl methyl sites for hydroxylation is 3. The van der Waals surface area contributed by atoms with Crippen LogP contribution in [0.15, 0.2) is 40.2 Å². The second kappa shape index (κ2) is 9.76. The van der Waals surface area contributed by atoms with E-state index in [4.69, 9.17) is 9.47 Å². The third kappa shape index (κ3) is 6.20. The van der Waals surface area contributed by atoms with Gasteiger partial charge in [-0.05, 0) is 44.0 Å². The van der Waals surface area contributed by atoms with Gasteiger partial charge in [0.1, 0.15) is 4.34 Å². The number of ether oxygens (including phenoxy) is 2. The molecule has 0 spiro atoms. The van der Waals surface area contributed by atoms with Crippen molar-refractivity contribution in [3.05, 3.63) is 58.4 Å². The third-order valence-electron chi connectivity index (χ3n) is 3.91. The largest absolute Gasteiger partial charge is 0.491 e. The lowest BCUT2D eigenvalue weighted by atomic mass is 10.1. The number of carbonyl (C=O) groups excluding carboxylic acids is 1. The molecule has 1 amide bonds. The summed E-state index contributed by atoms with van der Waals surface area (Å²) in [4.78, 5) is 21.1. The fraction of sp³-hybridized carbons (Fsp3) is 0.286. The summed E-state index contributed by atoms with van der Waals surface area (Å²) in [6, 6.07) is 7.71. The highest BCUT2D eigenvalue weighted by atomic mass is 32.2. The van der Waals surface area contributed by atoms with Gasteiger partial charge in [0.15, 0.2) is 18.1 Å². The topological polar surface area (TPSA) is 73.3 Å². The lowest BCUT2D eigenvalue weighted by Crippen LogP contribution is -2.20. The molecule has 3 aromatic rings. The minimum atomic E-state index is -0.233. The third-order valence-corrected chi connectivity index (χ3v) is 6.09. The van der Waals surface area contributed by atoms with E-state index in [9.17, 15) is 4.79 Å². The molecule has 0 fully saturated rings. The first kappa shape index (κ1) is 21.1. The smallest absolute Gasteiger partial charge is 0.262 e. The molecular weight excluding hydrogens is 406 g/mol. The monoisotopic (exact) mass is 429 g/mol. The maximum Gasteiger partial charge on any atom is 0.262 e. The molecule has 0 bridgehead atoms. The Bertz CT molecular complexity index is 984. The molecule has 2 aromatic heterocycles. The van der Waals surface area contributed by atoms with Gasteiger partial charge in [0.25, 0.3) is 5.91 Å². The number of amides is 1. The molecular formula is C21H23N3O3S2. The molecule has 152 valence electrons. The molecule has 0 radical (unpaired) electrons. The number of nitrogens with one attached hydrogen (secondary N) is 1. The van der Waals surface area contributed by atoms with Gasteiger partial charge in [0.05, 0.1) is 19.0 Å². The zero-order valence-electron chi connectivity index (χ0n) is 16.8. The van der Waals surface area contributed by atoms with E-state index < -0.39 is 0 Å². The highest BCUT2D eigenvalue weighted by molar-refractivity contribution is 8.00. The number of thioether (sulfide) groups is 1. The maximum absolute atomic E-state index is 12.3. The normalized spacial score (nSPS) is 10.6. The van der Waals surface area contributed by atoms with E-state index in [1.165, 1.54) is 0 Å². The van der Waals surface area contributed by atoms with Crippen LogP contribution in [0.25, 0.3) is 0 Å². The van der Waals surface area contributed by atoms with Crippen LogP contribution in [0.3, 0.4) is 0 Å². The summed E-state index contributed by atoms with van der Waals surface area (Å²) in [7, 11) is 1.55. The number of thiazole rings is 1. The zero-order valence-corrected chi connectivity index (χ0v) is 18.4. The van der Waals surface area contributed by atoms with Crippen LogP contribution in [0.5, 0.6) is 11.5 Å². The quantitative estimate of drug-likeness (QED) is 0.520. The molecule has 29 heavy (non-hydrogen) atoms. The van der Waals surface area contributed by atoms with Gasteiger partial charge >= 0.3 is 0 Å². The Kier molecular flexibility index (Phi) is 7.11. The summed E-state index contributed by atoms with van der Waals surface area (Å²) in [5.74, 6) is 1.40. The van der Waals surface area contributed by atoms with Crippen molar-refractivity contribution in [3.63, 3.8) is 0 Å². The standard InChI is InChI=1S/C21H23N3O3S2/c1-13-5-14(2)7-16(6-13)24-20(25)10-27-18-8-17(22-9-19(18)26-4)12-29-21-23-15(3)11-28-21/h5-9,11H,10,12H2,1-4H3,(H,24,25). The summed E-state index contributed by atoms with van der Waals surface area (Å²) in [5, 5.41) is 4.88. The van der Waals surface area contributed by atoms with Gasteiger partial charge in [0.2, 0.25) is 0 Å². The van der Waals surface area contributed by atoms with Crippen molar-refractivity contribution in [2.24, 2.45) is 0 Å². The zero-order chi connectivity index (χ0) is 20.8. The van der Waals surface area contributed by atoms with Crippen LogP contribution in [0.1, 0.15) is 22.5 Å². The molecule has 0 atom stereocenters. The Morgan fingerprint density at radius 2 is 1.90 bits per heavy atom. The van der Waals surface area contributed by atoms with E-state index in [1.54, 1.807) is 42.5 Å². The Balaban J connectivity index is 1.61. The van der Waals surface area contributed by atoms with Gasteiger partial charge in [0, 0.05) is 28.6 Å². The predicted molar refractivity (Wildman–Crippen MR) is 117 cm³/mol. The summed E-state index contributed by atoms with van der Waals surface area (Å²) < 4.78 is 12.0. The van der Waals surface area contributed by atoms with E-state index in [2.05, 4.69) is 21.4 Å². The van der Waals surface area contributed by atoms with Crippen molar-refractivity contribution in [3.8, 4) is 11.5 Å². The number of rotatable bonds is 8. The van der Waals surface area contributed by atoms with Gasteiger partial charge in [-0.15, -0.1) is 11.3 Å². The van der Waals surface area contributed by atoms with Crippen LogP contribution < -0.4 is 14.8 Å². The fourth-order valence-corrected chi connectivity index (χ4v) is 4.48. The van der Waals surface area contributed by atoms with E-state index in [0.29, 0.717) is 17.3 Å². The predicted octanol–water partition coefficient (Wildman–Crippen LogP) is 4.78. The van der Waals surface area contributed by atoms with E-state index in [0.717, 1.165) is 32.5 Å². The first-order valence-corrected chi connectivity index (χ1v) is 10.9. The fourth-order valence-electron chi connectivity index (χ4n) is 2.73. The molecule has 0 saturated carbocycles. The van der Waals surface area contributed by atoms with Crippen molar-refractivity contribution in [2.45, 2.75) is 30.9 Å². The number of nitrogens with zero attached hydrogens (tertiary/aromatic N) is 2. The number of pyridine rings is 1. The Labute approximate surface area is 178 Å². The molecule has 2 heterocycles. The van der Waals surface area contributed by atoms with Gasteiger partial charge in [-0.2, -0.15) is 0 Å². The second-order valence-corrected chi connectivity index (χ2v) is 8.66. The number of carbonyl (C=O) groups is 1. The van der Waals surface area contributed by atoms with E-state index in [1.807, 2.05) is 38.3 Å². The lowest BCUT2D eigenvalue weighted by Gasteiger charge is -2.12. The number of anilines is 1. The van der Waals surface area contributed by atoms with E-state index in [-0.39, 0.29) is 12.5 Å². The number of aromatic nitrogens is 2. The minimum absolute atomic E-state index is 0.119. The van der Waals surface area contributed by atoms with Gasteiger partial charge < -0.3 is 14.8 Å². The Hall–Kier alpha value is -2.58. The highest BCUT2D eigenvalue weighted by Crippen LogP contribution is 2.30. The first-order chi connectivity index (χ1) is 13.9. The molecule has 1 N–H and O–H groups in total. The number of hydrogen-bond acceptors (Lipinski definition) is 7. The molecule has 1 aromatic carbocycles. The van der Waals surface area contributed by atoms with Crippen molar-refractivity contribution in [1.82, 2.24) is 9.97 Å². The van der Waals surface area contributed by atoms with E-state index >= 15 is 0 Å². The Morgan fingerprint density at radius 3 is 2.55 bits per heavy atom. The molecule has 6 nitrogen and oxygen atoms in total. The highest BCUT2D eigenvalue weighted by Gasteiger charge is 2.11. The molecule has 0 unspecified atom stereocenters. The summed E-state index contributed by atoms with van der Waals surface area (Å²) in [6.07, 6.45) is 1.61. The average Bonchev–Trinajstić information content (AvgIpc) is 3.09. The van der Waals surface area contributed by atoms with Crippen LogP contribution in [0, 0.1) is 20.8 Å². The number of hydrogen-bond donors (Lipinski definition) is 1. The molecule has 8 heteroatoms. The number of methoxy groups -OCH3 is 1. The van der Waals surface area contributed by atoms with Crippen molar-refractivity contribution < 1.29 is 14.3 Å². The molecule has 3 rings (SSSR count). The SMILES string of the molecule is COc1cnc(CSc2nc(C)cs2)cc1OCC(=O)Nc1cc(C)cc(C)c1. The van der Waals surface area contributed by atoms with Crippen LogP contribution >= 0.6 is 23.1 Å². The first-order valence-electron chi connectivity index (χ1n) is 9.01. The summed E-state index contributed by atoms with van der Waals surface area (Å²) >= 11 is 3.23. The lowest BCUT2D eigenvalue weighted by molar-refractivity contribution is -0.118. The van der Waals surface area contributed by atoms with Crippen LogP contribution in [0.2, 0.25) is 0 Å². The van der Waals surface area contributed by atoms with Crippen molar-refractivity contribution >= 4 is 34.7 Å². The average molecular weight is 430 g/mol. The van der Waals surface area contributed by atoms with Gasteiger partial charge in [-0.1, -0.05) is 17.8 Å². The van der Waals surface area contributed by atoms with Gasteiger partial charge in [-0.3, -0.25) is 9.78 Å². The van der Waals surface area contributed by atoms with Crippen LogP contribution in [-0.2, 0) is 10.5 Å². The maximum atomic E-state index is 12.3. The van der Waals surface area contributed by atoms with Crippen LogP contribution in [-0.4, -0.2) is 29.6 Å². The van der Waals surface area contributed by atoms with Crippen LogP contribution in [0.4, 0.5) is 5.69 Å². The summed E-state index contributed by atoms with van der Waals surface area (Å²) in [6.45, 7) is 5.84. The molecule has 0 saturated heterocycles. The summed E-state index contributed by atoms with van der Waals surface area (Å²) in [5.41, 5.74) is 4.78. The van der Waals surface area contributed by atoms with Gasteiger partial charge in [-0.25, -0.2) is 4.98 Å². The minimum Gasteiger partial charge on any atom is -0.491 e. The molecule has 0 aliphatic rings. The number of benzene rings is 1. The van der Waals surface area contributed by atoms with Crippen molar-refractivity contribution in [1.29, 1.82) is 0 Å². The van der Waals surface area contributed by atoms with Crippen molar-refractivity contribution in [2.75, 3.05) is 19.0 Å².